The third kappa shape index (κ3) is 2.05. The van der Waals surface area contributed by atoms with E-state index < -0.39 is 0 Å². The van der Waals surface area contributed by atoms with Crippen LogP contribution in [0.3, 0.4) is 0 Å². The van der Waals surface area contributed by atoms with Crippen LogP contribution in [0.25, 0.3) is 0 Å². The minimum atomic E-state index is 0.934. The Morgan fingerprint density at radius 3 is 3.00 bits per heavy atom. The predicted molar refractivity (Wildman–Crippen MR) is 47.7 cm³/mol. The van der Waals surface area contributed by atoms with Crippen molar-refractivity contribution in [1.82, 2.24) is 4.90 Å². The second-order valence-corrected chi connectivity index (χ2v) is 2.93. The zero-order chi connectivity index (χ0) is 8.27. The summed E-state index contributed by atoms with van der Waals surface area (Å²) >= 11 is 0. The number of likely N-dealkylation sites (N-methyl/N-ethyl adjacent to an activating group) is 1. The quantitative estimate of drug-likeness (QED) is 0.548. The molecule has 0 aromatic rings. The maximum atomic E-state index is 5.79. The van der Waals surface area contributed by atoms with Gasteiger partial charge in [0.1, 0.15) is 0 Å². The van der Waals surface area contributed by atoms with Crippen LogP contribution < -0.4 is 5.73 Å². The van der Waals surface area contributed by atoms with E-state index in [1.165, 1.54) is 5.57 Å². The molecule has 0 amide bonds. The van der Waals surface area contributed by atoms with Gasteiger partial charge in [-0.05, 0) is 7.05 Å². The molecule has 1 rings (SSSR count). The molecule has 3 heteroatoms. The van der Waals surface area contributed by atoms with E-state index >= 15 is 0 Å². The fourth-order valence-electron chi connectivity index (χ4n) is 1.22. The Kier molecular flexibility index (Phi) is 2.65. The molecular weight excluding hydrogens is 138 g/mol. The molecule has 1 aliphatic rings. The SMILES string of the molecule is CN=CC1=C(N)CCN(C)C1. The standard InChI is InChI=1S/C8H15N3/c1-10-5-7-6-11(2)4-3-8(7)9/h5H,3-4,6,9H2,1-2H3. The van der Waals surface area contributed by atoms with Crippen LogP contribution in [0.1, 0.15) is 6.42 Å². The van der Waals surface area contributed by atoms with Crippen molar-refractivity contribution in [3.63, 3.8) is 0 Å². The second kappa shape index (κ2) is 3.53. The van der Waals surface area contributed by atoms with Crippen molar-refractivity contribution in [2.75, 3.05) is 27.2 Å². The van der Waals surface area contributed by atoms with Crippen molar-refractivity contribution in [1.29, 1.82) is 0 Å². The Morgan fingerprint density at radius 1 is 1.64 bits per heavy atom. The van der Waals surface area contributed by atoms with E-state index in [9.17, 15) is 0 Å². The Morgan fingerprint density at radius 2 is 2.36 bits per heavy atom. The van der Waals surface area contributed by atoms with Crippen LogP contribution in [0, 0.1) is 0 Å². The smallest absolute Gasteiger partial charge is 0.0277 e. The van der Waals surface area contributed by atoms with Crippen molar-refractivity contribution >= 4 is 6.21 Å². The van der Waals surface area contributed by atoms with Gasteiger partial charge < -0.3 is 10.6 Å². The molecule has 1 heterocycles. The van der Waals surface area contributed by atoms with Gasteiger partial charge in [-0.25, -0.2) is 0 Å². The summed E-state index contributed by atoms with van der Waals surface area (Å²) in [5.41, 5.74) is 7.95. The normalized spacial score (nSPS) is 21.6. The van der Waals surface area contributed by atoms with Crippen LogP contribution >= 0.6 is 0 Å². The fourth-order valence-corrected chi connectivity index (χ4v) is 1.22. The molecule has 0 aromatic heterocycles. The predicted octanol–water partition coefficient (Wildman–Crippen LogP) is 0.235. The van der Waals surface area contributed by atoms with Gasteiger partial charge in [-0.3, -0.25) is 4.99 Å². The van der Waals surface area contributed by atoms with Gasteiger partial charge in [0.2, 0.25) is 0 Å². The minimum absolute atomic E-state index is 0.934. The lowest BCUT2D eigenvalue weighted by molar-refractivity contribution is 0.353. The summed E-state index contributed by atoms with van der Waals surface area (Å²) in [6, 6.07) is 0. The molecule has 0 saturated heterocycles. The van der Waals surface area contributed by atoms with Crippen molar-refractivity contribution < 1.29 is 0 Å². The number of nitrogens with two attached hydrogens (primary N) is 1. The molecule has 0 bridgehead atoms. The fraction of sp³-hybridized carbons (Fsp3) is 0.625. The van der Waals surface area contributed by atoms with Crippen molar-refractivity contribution in [3.05, 3.63) is 11.3 Å². The van der Waals surface area contributed by atoms with Crippen LogP contribution in [-0.2, 0) is 0 Å². The molecule has 11 heavy (non-hydrogen) atoms. The molecule has 2 N–H and O–H groups in total. The van der Waals surface area contributed by atoms with E-state index in [-0.39, 0.29) is 0 Å². The second-order valence-electron chi connectivity index (χ2n) is 2.93. The summed E-state index contributed by atoms with van der Waals surface area (Å²) in [6.07, 6.45) is 2.82. The average molecular weight is 153 g/mol. The zero-order valence-corrected chi connectivity index (χ0v) is 7.17. The molecule has 0 saturated carbocycles. The maximum absolute atomic E-state index is 5.79. The first-order valence-electron chi connectivity index (χ1n) is 3.82. The van der Waals surface area contributed by atoms with Gasteiger partial charge in [-0.15, -0.1) is 0 Å². The number of rotatable bonds is 1. The molecular formula is C8H15N3. The number of hydrogen-bond acceptors (Lipinski definition) is 3. The highest BCUT2D eigenvalue weighted by Gasteiger charge is 2.11. The molecule has 62 valence electrons. The van der Waals surface area contributed by atoms with Crippen LogP contribution in [0.5, 0.6) is 0 Å². The monoisotopic (exact) mass is 153 g/mol. The lowest BCUT2D eigenvalue weighted by atomic mass is 10.1. The summed E-state index contributed by atoms with van der Waals surface area (Å²) in [5.74, 6) is 0. The van der Waals surface area contributed by atoms with E-state index in [4.69, 9.17) is 5.73 Å². The molecule has 0 spiro atoms. The summed E-state index contributed by atoms with van der Waals surface area (Å²) in [4.78, 5) is 6.20. The van der Waals surface area contributed by atoms with Crippen LogP contribution in [-0.4, -0.2) is 38.3 Å². The van der Waals surface area contributed by atoms with Crippen molar-refractivity contribution in [2.24, 2.45) is 10.7 Å². The summed E-state index contributed by atoms with van der Waals surface area (Å²) in [5, 5.41) is 0. The molecule has 0 aliphatic carbocycles. The highest BCUT2D eigenvalue weighted by Crippen LogP contribution is 2.09. The van der Waals surface area contributed by atoms with Crippen LogP contribution in [0.2, 0.25) is 0 Å². The molecule has 3 nitrogen and oxygen atoms in total. The van der Waals surface area contributed by atoms with Gasteiger partial charge in [0.15, 0.2) is 0 Å². The van der Waals surface area contributed by atoms with E-state index in [1.807, 2.05) is 6.21 Å². The molecule has 0 fully saturated rings. The van der Waals surface area contributed by atoms with E-state index in [0.29, 0.717) is 0 Å². The van der Waals surface area contributed by atoms with Gasteiger partial charge in [-0.1, -0.05) is 0 Å². The molecule has 0 aromatic carbocycles. The van der Waals surface area contributed by atoms with Crippen LogP contribution in [0.15, 0.2) is 16.3 Å². The molecule has 1 aliphatic heterocycles. The minimum Gasteiger partial charge on any atom is -0.402 e. The summed E-state index contributed by atoms with van der Waals surface area (Å²) < 4.78 is 0. The third-order valence-electron chi connectivity index (χ3n) is 1.90. The summed E-state index contributed by atoms with van der Waals surface area (Å²) in [7, 11) is 3.87. The Labute approximate surface area is 67.6 Å². The lowest BCUT2D eigenvalue weighted by Gasteiger charge is -2.23. The highest BCUT2D eigenvalue weighted by molar-refractivity contribution is 5.80. The lowest BCUT2D eigenvalue weighted by Crippen LogP contribution is -2.30. The zero-order valence-electron chi connectivity index (χ0n) is 7.17. The summed E-state index contributed by atoms with van der Waals surface area (Å²) in [6.45, 7) is 2.00. The largest absolute Gasteiger partial charge is 0.402 e. The van der Waals surface area contributed by atoms with Gasteiger partial charge in [0, 0.05) is 44.0 Å². The Hall–Kier alpha value is -0.830. The first-order valence-corrected chi connectivity index (χ1v) is 3.82. The highest BCUT2D eigenvalue weighted by atomic mass is 15.1. The Balaban J connectivity index is 2.71. The number of aliphatic imine (C=N–C) groups is 1. The third-order valence-corrected chi connectivity index (χ3v) is 1.90. The van der Waals surface area contributed by atoms with E-state index in [0.717, 1.165) is 25.2 Å². The van der Waals surface area contributed by atoms with Gasteiger partial charge in [-0.2, -0.15) is 0 Å². The maximum Gasteiger partial charge on any atom is 0.0277 e. The number of nitrogens with zero attached hydrogens (tertiary/aromatic N) is 2. The van der Waals surface area contributed by atoms with Crippen LogP contribution in [0.4, 0.5) is 0 Å². The van der Waals surface area contributed by atoms with Gasteiger partial charge in [0.25, 0.3) is 0 Å². The first kappa shape index (κ1) is 8.27. The number of hydrogen-bond donors (Lipinski definition) is 1. The molecule has 0 atom stereocenters. The van der Waals surface area contributed by atoms with Crippen molar-refractivity contribution in [3.8, 4) is 0 Å². The van der Waals surface area contributed by atoms with E-state index in [1.54, 1.807) is 7.05 Å². The van der Waals surface area contributed by atoms with Gasteiger partial charge >= 0.3 is 0 Å². The van der Waals surface area contributed by atoms with E-state index in [2.05, 4.69) is 16.9 Å². The first-order chi connectivity index (χ1) is 5.24. The molecule has 0 unspecified atom stereocenters. The van der Waals surface area contributed by atoms with Crippen molar-refractivity contribution in [2.45, 2.75) is 6.42 Å². The Bertz CT molecular complexity index is 194. The average Bonchev–Trinajstić information content (AvgIpc) is 1.98. The molecule has 0 radical (unpaired) electrons. The topological polar surface area (TPSA) is 41.6 Å². The van der Waals surface area contributed by atoms with Gasteiger partial charge in [0.05, 0.1) is 0 Å².